The SMILES string of the molecule is O=C(O)CON=Cc1ccc(NC(=O)c2ccccc2)cc1. The summed E-state index contributed by atoms with van der Waals surface area (Å²) in [7, 11) is 0. The molecule has 1 amide bonds. The second-order valence-electron chi connectivity index (χ2n) is 4.34. The predicted octanol–water partition coefficient (Wildman–Crippen LogP) is 2.37. The van der Waals surface area contributed by atoms with Crippen LogP contribution in [0.1, 0.15) is 15.9 Å². The number of oxime groups is 1. The maximum atomic E-state index is 12.0. The van der Waals surface area contributed by atoms with Gasteiger partial charge in [0, 0.05) is 11.3 Å². The van der Waals surface area contributed by atoms with Crippen molar-refractivity contribution in [2.75, 3.05) is 11.9 Å². The Morgan fingerprint density at radius 1 is 1.09 bits per heavy atom. The van der Waals surface area contributed by atoms with Crippen LogP contribution in [-0.4, -0.2) is 29.8 Å². The number of carbonyl (C=O) groups excluding carboxylic acids is 1. The van der Waals surface area contributed by atoms with Crippen LogP contribution in [0.25, 0.3) is 0 Å². The van der Waals surface area contributed by atoms with Gasteiger partial charge in [0.05, 0.1) is 6.21 Å². The topological polar surface area (TPSA) is 88.0 Å². The lowest BCUT2D eigenvalue weighted by atomic mass is 10.2. The van der Waals surface area contributed by atoms with Gasteiger partial charge in [-0.1, -0.05) is 35.5 Å². The van der Waals surface area contributed by atoms with Crippen LogP contribution in [0.5, 0.6) is 0 Å². The number of carbonyl (C=O) groups is 2. The minimum absolute atomic E-state index is 0.188. The number of anilines is 1. The van der Waals surface area contributed by atoms with Gasteiger partial charge in [-0.15, -0.1) is 0 Å². The van der Waals surface area contributed by atoms with Crippen LogP contribution in [0.15, 0.2) is 59.8 Å². The molecule has 22 heavy (non-hydrogen) atoms. The Balaban J connectivity index is 1.92. The highest BCUT2D eigenvalue weighted by atomic mass is 16.6. The van der Waals surface area contributed by atoms with E-state index in [-0.39, 0.29) is 5.91 Å². The molecule has 2 rings (SSSR count). The summed E-state index contributed by atoms with van der Waals surface area (Å²) in [4.78, 5) is 26.7. The molecule has 112 valence electrons. The number of hydrogen-bond donors (Lipinski definition) is 2. The summed E-state index contributed by atoms with van der Waals surface area (Å²) in [5.41, 5.74) is 1.95. The normalized spacial score (nSPS) is 10.4. The molecule has 0 unspecified atom stereocenters. The van der Waals surface area contributed by atoms with Gasteiger partial charge < -0.3 is 15.3 Å². The number of nitrogens with zero attached hydrogens (tertiary/aromatic N) is 1. The Labute approximate surface area is 127 Å². The quantitative estimate of drug-likeness (QED) is 0.633. The number of benzene rings is 2. The molecule has 0 heterocycles. The summed E-state index contributed by atoms with van der Waals surface area (Å²) in [6.45, 7) is -0.484. The maximum absolute atomic E-state index is 12.0. The Bertz CT molecular complexity index is 666. The highest BCUT2D eigenvalue weighted by Crippen LogP contribution is 2.10. The molecule has 2 N–H and O–H groups in total. The third-order valence-electron chi connectivity index (χ3n) is 2.67. The molecule has 6 nitrogen and oxygen atoms in total. The first-order valence-electron chi connectivity index (χ1n) is 6.49. The summed E-state index contributed by atoms with van der Waals surface area (Å²) in [5, 5.41) is 14.7. The lowest BCUT2D eigenvalue weighted by molar-refractivity contribution is -0.142. The van der Waals surface area contributed by atoms with Crippen molar-refractivity contribution >= 4 is 23.8 Å². The number of rotatable bonds is 6. The minimum atomic E-state index is -1.09. The Hall–Kier alpha value is -3.15. The molecule has 0 aliphatic heterocycles. The Morgan fingerprint density at radius 3 is 2.41 bits per heavy atom. The van der Waals surface area contributed by atoms with Crippen LogP contribution in [0.4, 0.5) is 5.69 Å². The molecule has 6 heteroatoms. The summed E-state index contributed by atoms with van der Waals surface area (Å²) in [6.07, 6.45) is 1.39. The van der Waals surface area contributed by atoms with Crippen LogP contribution in [0, 0.1) is 0 Å². The molecule has 0 bridgehead atoms. The zero-order chi connectivity index (χ0) is 15.8. The fourth-order valence-corrected chi connectivity index (χ4v) is 1.64. The average Bonchev–Trinajstić information content (AvgIpc) is 2.54. The molecular formula is C16H14N2O4. The Morgan fingerprint density at radius 2 is 1.77 bits per heavy atom. The molecule has 0 atom stereocenters. The first-order valence-corrected chi connectivity index (χ1v) is 6.49. The number of carboxylic acid groups (broad SMARTS) is 1. The van der Waals surface area contributed by atoms with Crippen molar-refractivity contribution in [3.8, 4) is 0 Å². The van der Waals surface area contributed by atoms with Gasteiger partial charge in [-0.25, -0.2) is 4.79 Å². The molecule has 0 fully saturated rings. The van der Waals surface area contributed by atoms with Gasteiger partial charge in [0.2, 0.25) is 6.61 Å². The molecule has 2 aromatic rings. The van der Waals surface area contributed by atoms with Crippen LogP contribution < -0.4 is 5.32 Å². The van der Waals surface area contributed by atoms with Crippen LogP contribution in [0.3, 0.4) is 0 Å². The van der Waals surface area contributed by atoms with Gasteiger partial charge >= 0.3 is 5.97 Å². The third-order valence-corrected chi connectivity index (χ3v) is 2.67. The van der Waals surface area contributed by atoms with Gasteiger partial charge in [-0.05, 0) is 29.8 Å². The number of hydrogen-bond acceptors (Lipinski definition) is 4. The molecule has 0 saturated carbocycles. The summed E-state index contributed by atoms with van der Waals surface area (Å²) in [5.74, 6) is -1.28. The van der Waals surface area contributed by atoms with Crippen molar-refractivity contribution in [3.63, 3.8) is 0 Å². The second-order valence-corrected chi connectivity index (χ2v) is 4.34. The fraction of sp³-hybridized carbons (Fsp3) is 0.0625. The Kier molecular flexibility index (Phi) is 5.25. The molecule has 0 radical (unpaired) electrons. The van der Waals surface area contributed by atoms with Crippen molar-refractivity contribution in [3.05, 3.63) is 65.7 Å². The summed E-state index contributed by atoms with van der Waals surface area (Å²) in [6, 6.07) is 15.8. The van der Waals surface area contributed by atoms with E-state index in [9.17, 15) is 9.59 Å². The zero-order valence-electron chi connectivity index (χ0n) is 11.6. The van der Waals surface area contributed by atoms with Crippen molar-refractivity contribution in [1.29, 1.82) is 0 Å². The molecule has 2 aromatic carbocycles. The van der Waals surface area contributed by atoms with E-state index in [1.54, 1.807) is 48.5 Å². The fourth-order valence-electron chi connectivity index (χ4n) is 1.64. The summed E-state index contributed by atoms with van der Waals surface area (Å²) >= 11 is 0. The predicted molar refractivity (Wildman–Crippen MR) is 82.0 cm³/mol. The lowest BCUT2D eigenvalue weighted by Crippen LogP contribution is -2.11. The lowest BCUT2D eigenvalue weighted by Gasteiger charge is -2.05. The van der Waals surface area contributed by atoms with Crippen LogP contribution in [0.2, 0.25) is 0 Å². The smallest absolute Gasteiger partial charge is 0.344 e. The van der Waals surface area contributed by atoms with Gasteiger partial charge in [0.25, 0.3) is 5.91 Å². The van der Waals surface area contributed by atoms with Crippen molar-refractivity contribution in [2.45, 2.75) is 0 Å². The number of carboxylic acids is 1. The molecule has 0 aliphatic rings. The maximum Gasteiger partial charge on any atom is 0.344 e. The number of amides is 1. The van der Waals surface area contributed by atoms with Crippen molar-refractivity contribution in [2.24, 2.45) is 5.16 Å². The molecule has 0 aliphatic carbocycles. The van der Waals surface area contributed by atoms with Crippen molar-refractivity contribution in [1.82, 2.24) is 0 Å². The van der Waals surface area contributed by atoms with Crippen molar-refractivity contribution < 1.29 is 19.5 Å². The number of nitrogens with one attached hydrogen (secondary N) is 1. The zero-order valence-corrected chi connectivity index (χ0v) is 11.6. The molecule has 0 spiro atoms. The molecular weight excluding hydrogens is 284 g/mol. The molecule has 0 aromatic heterocycles. The van der Waals surface area contributed by atoms with Gasteiger partial charge in [0.1, 0.15) is 0 Å². The largest absolute Gasteiger partial charge is 0.479 e. The third kappa shape index (κ3) is 4.75. The monoisotopic (exact) mass is 298 g/mol. The van der Waals surface area contributed by atoms with E-state index in [0.29, 0.717) is 11.3 Å². The van der Waals surface area contributed by atoms with E-state index in [1.165, 1.54) is 6.21 Å². The first kappa shape index (κ1) is 15.2. The average molecular weight is 298 g/mol. The van der Waals surface area contributed by atoms with E-state index >= 15 is 0 Å². The highest BCUT2D eigenvalue weighted by molar-refractivity contribution is 6.04. The standard InChI is InChI=1S/C16H14N2O4/c19-15(20)11-22-17-10-12-6-8-14(9-7-12)18-16(21)13-4-2-1-3-5-13/h1-10H,11H2,(H,18,21)(H,19,20). The van der Waals surface area contributed by atoms with E-state index in [4.69, 9.17) is 5.11 Å². The minimum Gasteiger partial charge on any atom is -0.479 e. The van der Waals surface area contributed by atoms with E-state index in [1.807, 2.05) is 6.07 Å². The number of aliphatic carboxylic acids is 1. The second kappa shape index (κ2) is 7.58. The van der Waals surface area contributed by atoms with E-state index in [0.717, 1.165) is 5.56 Å². The highest BCUT2D eigenvalue weighted by Gasteiger charge is 2.04. The van der Waals surface area contributed by atoms with E-state index in [2.05, 4.69) is 15.3 Å². The van der Waals surface area contributed by atoms with Crippen LogP contribution >= 0.6 is 0 Å². The van der Waals surface area contributed by atoms with Gasteiger partial charge in [-0.3, -0.25) is 4.79 Å². The molecule has 0 saturated heterocycles. The van der Waals surface area contributed by atoms with E-state index < -0.39 is 12.6 Å². The van der Waals surface area contributed by atoms with Gasteiger partial charge in [0.15, 0.2) is 0 Å². The summed E-state index contributed by atoms with van der Waals surface area (Å²) < 4.78 is 0. The van der Waals surface area contributed by atoms with Crippen LogP contribution in [-0.2, 0) is 9.63 Å². The first-order chi connectivity index (χ1) is 10.6. The van der Waals surface area contributed by atoms with Gasteiger partial charge in [-0.2, -0.15) is 0 Å².